The standard InChI is InChI=1S/C21H17ClN2O7/c22-13-9-7-12(8-10-13)19(27)17-18(14-4-1-2-5-15(14)24(30)31)23(21(29)20(17)28)11-3-6-16(25)26/h1-2,4-5,7-10,18,27H,3,6,11H2,(H,25,26)/t18-/m0/s1. The zero-order chi connectivity index (χ0) is 22.7. The second-order valence-electron chi connectivity index (χ2n) is 6.81. The van der Waals surface area contributed by atoms with E-state index in [4.69, 9.17) is 16.7 Å². The monoisotopic (exact) mass is 444 g/mol. The molecule has 9 nitrogen and oxygen atoms in total. The Kier molecular flexibility index (Phi) is 6.36. The van der Waals surface area contributed by atoms with Gasteiger partial charge in [-0.05, 0) is 36.8 Å². The molecule has 2 N–H and O–H groups in total. The molecule has 3 rings (SSSR count). The summed E-state index contributed by atoms with van der Waals surface area (Å²) >= 11 is 5.86. The van der Waals surface area contributed by atoms with Crippen molar-refractivity contribution in [1.29, 1.82) is 0 Å². The Balaban J connectivity index is 2.18. The summed E-state index contributed by atoms with van der Waals surface area (Å²) in [7, 11) is 0. The first-order valence-corrected chi connectivity index (χ1v) is 9.59. The van der Waals surface area contributed by atoms with Crippen molar-refractivity contribution in [3.05, 3.63) is 80.4 Å². The van der Waals surface area contributed by atoms with E-state index in [1.165, 1.54) is 48.5 Å². The van der Waals surface area contributed by atoms with E-state index in [1.54, 1.807) is 0 Å². The van der Waals surface area contributed by atoms with Crippen molar-refractivity contribution < 1.29 is 29.5 Å². The van der Waals surface area contributed by atoms with E-state index in [0.717, 1.165) is 4.90 Å². The largest absolute Gasteiger partial charge is 0.507 e. The maximum Gasteiger partial charge on any atom is 0.303 e. The predicted octanol–water partition coefficient (Wildman–Crippen LogP) is 3.53. The molecule has 1 aliphatic heterocycles. The second-order valence-corrected chi connectivity index (χ2v) is 7.25. The van der Waals surface area contributed by atoms with Crippen LogP contribution in [0, 0.1) is 10.1 Å². The number of nitrogens with zero attached hydrogens (tertiary/aromatic N) is 2. The summed E-state index contributed by atoms with van der Waals surface area (Å²) in [5, 5.41) is 31.7. The summed E-state index contributed by atoms with van der Waals surface area (Å²) in [5.41, 5.74) is -0.398. The van der Waals surface area contributed by atoms with Gasteiger partial charge in [-0.2, -0.15) is 0 Å². The first-order chi connectivity index (χ1) is 14.7. The fourth-order valence-corrected chi connectivity index (χ4v) is 3.61. The maximum atomic E-state index is 12.8. The molecule has 0 aromatic heterocycles. The lowest BCUT2D eigenvalue weighted by atomic mass is 9.94. The minimum absolute atomic E-state index is 0.0282. The van der Waals surface area contributed by atoms with Crippen LogP contribution in [-0.4, -0.2) is 44.2 Å². The maximum absolute atomic E-state index is 12.8. The van der Waals surface area contributed by atoms with Gasteiger partial charge in [0.25, 0.3) is 17.4 Å². The highest BCUT2D eigenvalue weighted by Gasteiger charge is 2.47. The molecule has 0 saturated carbocycles. The number of aliphatic hydroxyl groups is 1. The molecular formula is C21H17ClN2O7. The number of carboxylic acid groups (broad SMARTS) is 1. The number of halogens is 1. The molecule has 31 heavy (non-hydrogen) atoms. The topological polar surface area (TPSA) is 138 Å². The van der Waals surface area contributed by atoms with Crippen LogP contribution in [0.4, 0.5) is 5.69 Å². The van der Waals surface area contributed by atoms with Gasteiger partial charge in [0.15, 0.2) is 0 Å². The van der Waals surface area contributed by atoms with E-state index < -0.39 is 34.4 Å². The highest BCUT2D eigenvalue weighted by molar-refractivity contribution is 6.46. The average molecular weight is 445 g/mol. The van der Waals surface area contributed by atoms with Crippen LogP contribution in [0.2, 0.25) is 5.02 Å². The smallest absolute Gasteiger partial charge is 0.303 e. The molecule has 1 aliphatic rings. The van der Waals surface area contributed by atoms with E-state index in [1.807, 2.05) is 0 Å². The minimum atomic E-state index is -1.24. The van der Waals surface area contributed by atoms with Crippen LogP contribution >= 0.6 is 11.6 Å². The van der Waals surface area contributed by atoms with Crippen molar-refractivity contribution in [1.82, 2.24) is 4.90 Å². The molecule has 1 fully saturated rings. The SMILES string of the molecule is O=C(O)CCCN1C(=O)C(=O)C(=C(O)c2ccc(Cl)cc2)[C@@H]1c1ccccc1[N+](=O)[O-]. The molecule has 10 heteroatoms. The van der Waals surface area contributed by atoms with Crippen molar-refractivity contribution in [2.45, 2.75) is 18.9 Å². The Morgan fingerprint density at radius 3 is 2.35 bits per heavy atom. The Morgan fingerprint density at radius 2 is 1.74 bits per heavy atom. The molecule has 1 heterocycles. The highest BCUT2D eigenvalue weighted by Crippen LogP contribution is 2.42. The Bertz CT molecular complexity index is 1100. The third-order valence-electron chi connectivity index (χ3n) is 4.88. The van der Waals surface area contributed by atoms with E-state index >= 15 is 0 Å². The predicted molar refractivity (Wildman–Crippen MR) is 110 cm³/mol. The molecular weight excluding hydrogens is 428 g/mol. The first kappa shape index (κ1) is 22.0. The van der Waals surface area contributed by atoms with Crippen molar-refractivity contribution in [3.8, 4) is 0 Å². The molecule has 1 saturated heterocycles. The fraction of sp³-hybridized carbons (Fsp3) is 0.190. The number of Topliss-reactive ketones (excluding diaryl/α,β-unsaturated/α-hetero) is 1. The van der Waals surface area contributed by atoms with Crippen LogP contribution < -0.4 is 0 Å². The summed E-state index contributed by atoms with van der Waals surface area (Å²) in [5.74, 6) is -3.56. The summed E-state index contributed by atoms with van der Waals surface area (Å²) in [6.07, 6.45) is -0.232. The lowest BCUT2D eigenvalue weighted by molar-refractivity contribution is -0.385. The van der Waals surface area contributed by atoms with E-state index in [-0.39, 0.29) is 41.8 Å². The molecule has 0 radical (unpaired) electrons. The number of carbonyl (C=O) groups excluding carboxylic acids is 2. The highest BCUT2D eigenvalue weighted by atomic mass is 35.5. The van der Waals surface area contributed by atoms with Gasteiger partial charge in [0.05, 0.1) is 22.1 Å². The average Bonchev–Trinajstić information content (AvgIpc) is 2.98. The number of ketones is 1. The third kappa shape index (κ3) is 4.41. The van der Waals surface area contributed by atoms with E-state index in [9.17, 15) is 29.6 Å². The number of nitro groups is 1. The molecule has 1 atom stereocenters. The fourth-order valence-electron chi connectivity index (χ4n) is 3.48. The van der Waals surface area contributed by atoms with Crippen LogP contribution in [0.25, 0.3) is 5.76 Å². The summed E-state index contributed by atoms with van der Waals surface area (Å²) in [6, 6.07) is 10.2. The number of benzene rings is 2. The number of hydrogen-bond donors (Lipinski definition) is 2. The Hall–Kier alpha value is -3.72. The number of hydrogen-bond acceptors (Lipinski definition) is 6. The molecule has 2 aromatic carbocycles. The molecule has 0 spiro atoms. The van der Waals surface area contributed by atoms with Crippen LogP contribution in [0.15, 0.2) is 54.1 Å². The minimum Gasteiger partial charge on any atom is -0.507 e. The van der Waals surface area contributed by atoms with Gasteiger partial charge < -0.3 is 15.1 Å². The number of amides is 1. The van der Waals surface area contributed by atoms with E-state index in [2.05, 4.69) is 0 Å². The van der Waals surface area contributed by atoms with Crippen molar-refractivity contribution >= 4 is 40.7 Å². The second kappa shape index (κ2) is 8.97. The number of likely N-dealkylation sites (tertiary alicyclic amines) is 1. The van der Waals surface area contributed by atoms with Crippen molar-refractivity contribution in [3.63, 3.8) is 0 Å². The number of aliphatic carboxylic acids is 1. The van der Waals surface area contributed by atoms with Crippen LogP contribution in [0.5, 0.6) is 0 Å². The molecule has 0 aliphatic carbocycles. The summed E-state index contributed by atoms with van der Waals surface area (Å²) in [4.78, 5) is 48.5. The Morgan fingerprint density at radius 1 is 1.10 bits per heavy atom. The number of rotatable bonds is 7. The quantitative estimate of drug-likeness (QED) is 0.219. The van der Waals surface area contributed by atoms with Crippen LogP contribution in [-0.2, 0) is 14.4 Å². The number of nitro benzene ring substituents is 1. The molecule has 2 aromatic rings. The number of carboxylic acids is 1. The van der Waals surface area contributed by atoms with Gasteiger partial charge in [-0.3, -0.25) is 24.5 Å². The van der Waals surface area contributed by atoms with Gasteiger partial charge >= 0.3 is 5.97 Å². The van der Waals surface area contributed by atoms with Crippen LogP contribution in [0.1, 0.15) is 30.0 Å². The third-order valence-corrected chi connectivity index (χ3v) is 5.13. The molecule has 0 unspecified atom stereocenters. The normalized spacial score (nSPS) is 17.7. The zero-order valence-electron chi connectivity index (χ0n) is 16.0. The van der Waals surface area contributed by atoms with E-state index in [0.29, 0.717) is 5.02 Å². The molecule has 1 amide bonds. The van der Waals surface area contributed by atoms with Gasteiger partial charge in [0, 0.05) is 29.6 Å². The Labute approximate surface area is 181 Å². The zero-order valence-corrected chi connectivity index (χ0v) is 16.8. The van der Waals surface area contributed by atoms with Crippen LogP contribution in [0.3, 0.4) is 0 Å². The van der Waals surface area contributed by atoms with Gasteiger partial charge in [0.1, 0.15) is 5.76 Å². The lowest BCUT2D eigenvalue weighted by Gasteiger charge is -2.25. The number of para-hydroxylation sites is 1. The molecule has 0 bridgehead atoms. The van der Waals surface area contributed by atoms with Gasteiger partial charge in [-0.1, -0.05) is 23.7 Å². The number of aliphatic hydroxyl groups excluding tert-OH is 1. The first-order valence-electron chi connectivity index (χ1n) is 9.21. The van der Waals surface area contributed by atoms with Crippen molar-refractivity contribution in [2.24, 2.45) is 0 Å². The lowest BCUT2D eigenvalue weighted by Crippen LogP contribution is -2.31. The van der Waals surface area contributed by atoms with Gasteiger partial charge in [-0.15, -0.1) is 0 Å². The van der Waals surface area contributed by atoms with Crippen molar-refractivity contribution in [2.75, 3.05) is 6.54 Å². The molecule has 160 valence electrons. The summed E-state index contributed by atoms with van der Waals surface area (Å²) in [6.45, 7) is -0.134. The number of carbonyl (C=O) groups is 3. The van der Waals surface area contributed by atoms with Gasteiger partial charge in [-0.25, -0.2) is 0 Å². The summed E-state index contributed by atoms with van der Waals surface area (Å²) < 4.78 is 0. The van der Waals surface area contributed by atoms with Gasteiger partial charge in [0.2, 0.25) is 0 Å².